The van der Waals surface area contributed by atoms with Gasteiger partial charge in [-0.05, 0) is 57.2 Å². The average molecular weight is 376 g/mol. The second kappa shape index (κ2) is 6.97. The van der Waals surface area contributed by atoms with Crippen molar-refractivity contribution in [2.24, 2.45) is 0 Å². The Hall–Kier alpha value is -1.58. The standard InChI is InChI=1S/C20H23Cl2N3/c1-6-16-18(17-12(3)9-11(2)10-13(17)4)20-23-14(5)15(7-8-21)19(22)25(20)24-16/h9-10H,6-8H2,1-5H3. The number of hydrogen-bond acceptors (Lipinski definition) is 2. The third-order valence-corrected chi connectivity index (χ3v) is 5.26. The van der Waals surface area contributed by atoms with E-state index < -0.39 is 0 Å². The summed E-state index contributed by atoms with van der Waals surface area (Å²) in [6.45, 7) is 10.5. The van der Waals surface area contributed by atoms with Gasteiger partial charge in [0.05, 0.1) is 11.3 Å². The zero-order valence-electron chi connectivity index (χ0n) is 15.4. The van der Waals surface area contributed by atoms with Crippen molar-refractivity contribution in [3.05, 3.63) is 50.9 Å². The first-order valence-corrected chi connectivity index (χ1v) is 9.51. The summed E-state index contributed by atoms with van der Waals surface area (Å²) in [5, 5.41) is 5.39. The van der Waals surface area contributed by atoms with Gasteiger partial charge >= 0.3 is 0 Å². The fourth-order valence-electron chi connectivity index (χ4n) is 3.65. The van der Waals surface area contributed by atoms with Crippen LogP contribution >= 0.6 is 23.2 Å². The normalized spacial score (nSPS) is 11.5. The Labute approximate surface area is 159 Å². The van der Waals surface area contributed by atoms with E-state index in [-0.39, 0.29) is 0 Å². The SMILES string of the molecule is CCc1nn2c(Cl)c(CCCl)c(C)nc2c1-c1c(C)cc(C)cc1C. The van der Waals surface area contributed by atoms with Gasteiger partial charge in [-0.1, -0.05) is 36.2 Å². The highest BCUT2D eigenvalue weighted by molar-refractivity contribution is 6.30. The van der Waals surface area contributed by atoms with Gasteiger partial charge in [0.15, 0.2) is 5.65 Å². The lowest BCUT2D eigenvalue weighted by molar-refractivity contribution is 0.863. The number of aryl methyl sites for hydroxylation is 5. The van der Waals surface area contributed by atoms with E-state index in [0.717, 1.165) is 34.6 Å². The van der Waals surface area contributed by atoms with Crippen molar-refractivity contribution in [2.75, 3.05) is 5.88 Å². The molecule has 0 radical (unpaired) electrons. The maximum atomic E-state index is 6.66. The highest BCUT2D eigenvalue weighted by atomic mass is 35.5. The molecule has 0 saturated heterocycles. The number of rotatable bonds is 4. The molecule has 132 valence electrons. The van der Waals surface area contributed by atoms with Crippen LogP contribution in [-0.4, -0.2) is 20.5 Å². The van der Waals surface area contributed by atoms with E-state index in [1.807, 2.05) is 6.92 Å². The lowest BCUT2D eigenvalue weighted by Crippen LogP contribution is -2.03. The monoisotopic (exact) mass is 375 g/mol. The largest absolute Gasteiger partial charge is 0.233 e. The molecule has 0 saturated carbocycles. The molecule has 0 unspecified atom stereocenters. The first-order valence-electron chi connectivity index (χ1n) is 8.59. The zero-order chi connectivity index (χ0) is 18.3. The van der Waals surface area contributed by atoms with Crippen LogP contribution in [0.3, 0.4) is 0 Å². The van der Waals surface area contributed by atoms with Crippen LogP contribution in [-0.2, 0) is 12.8 Å². The summed E-state index contributed by atoms with van der Waals surface area (Å²) in [5.41, 5.74) is 9.79. The maximum absolute atomic E-state index is 6.66. The first-order chi connectivity index (χ1) is 11.9. The number of alkyl halides is 1. The molecule has 0 N–H and O–H groups in total. The molecular formula is C20H23Cl2N3. The predicted molar refractivity (Wildman–Crippen MR) is 106 cm³/mol. The van der Waals surface area contributed by atoms with Crippen LogP contribution in [0.25, 0.3) is 16.8 Å². The Bertz CT molecular complexity index is 934. The molecule has 0 fully saturated rings. The molecule has 0 amide bonds. The Morgan fingerprint density at radius 2 is 1.68 bits per heavy atom. The molecule has 0 aliphatic rings. The molecular weight excluding hydrogens is 353 g/mol. The minimum absolute atomic E-state index is 0.513. The topological polar surface area (TPSA) is 30.2 Å². The summed E-state index contributed by atoms with van der Waals surface area (Å²) >= 11 is 12.6. The summed E-state index contributed by atoms with van der Waals surface area (Å²) in [6, 6.07) is 4.42. The van der Waals surface area contributed by atoms with E-state index in [1.165, 1.54) is 22.3 Å². The Balaban J connectivity index is 2.40. The fourth-order valence-corrected chi connectivity index (χ4v) is 4.19. The minimum Gasteiger partial charge on any atom is -0.233 e. The highest BCUT2D eigenvalue weighted by Gasteiger charge is 2.22. The van der Waals surface area contributed by atoms with Crippen molar-refractivity contribution in [1.29, 1.82) is 0 Å². The van der Waals surface area contributed by atoms with E-state index in [2.05, 4.69) is 39.8 Å². The van der Waals surface area contributed by atoms with Gasteiger partial charge in [-0.2, -0.15) is 5.10 Å². The van der Waals surface area contributed by atoms with E-state index >= 15 is 0 Å². The third-order valence-electron chi connectivity index (χ3n) is 4.69. The summed E-state index contributed by atoms with van der Waals surface area (Å²) in [4.78, 5) is 4.86. The Morgan fingerprint density at radius 3 is 2.24 bits per heavy atom. The number of nitrogens with zero attached hydrogens (tertiary/aromatic N) is 3. The van der Waals surface area contributed by atoms with Crippen LogP contribution in [0, 0.1) is 27.7 Å². The highest BCUT2D eigenvalue weighted by Crippen LogP contribution is 2.36. The van der Waals surface area contributed by atoms with E-state index in [9.17, 15) is 0 Å². The summed E-state index contributed by atoms with van der Waals surface area (Å²) in [7, 11) is 0. The Kier molecular flexibility index (Phi) is 5.08. The maximum Gasteiger partial charge on any atom is 0.165 e. The van der Waals surface area contributed by atoms with Crippen LogP contribution in [0.1, 0.15) is 40.6 Å². The summed E-state index contributed by atoms with van der Waals surface area (Å²) < 4.78 is 1.78. The van der Waals surface area contributed by atoms with Crippen molar-refractivity contribution < 1.29 is 0 Å². The van der Waals surface area contributed by atoms with Crippen molar-refractivity contribution in [3.8, 4) is 11.1 Å². The van der Waals surface area contributed by atoms with Crippen LogP contribution in [0.2, 0.25) is 5.15 Å². The van der Waals surface area contributed by atoms with Crippen LogP contribution in [0.15, 0.2) is 12.1 Å². The summed E-state index contributed by atoms with van der Waals surface area (Å²) in [6.07, 6.45) is 1.51. The molecule has 25 heavy (non-hydrogen) atoms. The fraction of sp³-hybridized carbons (Fsp3) is 0.400. The van der Waals surface area contributed by atoms with Crippen LogP contribution in [0.5, 0.6) is 0 Å². The predicted octanol–water partition coefficient (Wildman–Crippen LogP) is 5.63. The van der Waals surface area contributed by atoms with Gasteiger partial charge in [0, 0.05) is 17.1 Å². The quantitative estimate of drug-likeness (QED) is 0.437. The number of fused-ring (bicyclic) bond motifs is 1. The van der Waals surface area contributed by atoms with E-state index in [0.29, 0.717) is 17.5 Å². The third kappa shape index (κ3) is 3.04. The smallest absolute Gasteiger partial charge is 0.165 e. The molecule has 0 aliphatic carbocycles. The van der Waals surface area contributed by atoms with Crippen molar-refractivity contribution in [3.63, 3.8) is 0 Å². The Morgan fingerprint density at radius 1 is 1.04 bits per heavy atom. The van der Waals surface area contributed by atoms with E-state index in [1.54, 1.807) is 4.52 Å². The molecule has 0 spiro atoms. The van der Waals surface area contributed by atoms with Crippen molar-refractivity contribution in [2.45, 2.75) is 47.5 Å². The van der Waals surface area contributed by atoms with Gasteiger partial charge in [-0.25, -0.2) is 9.50 Å². The van der Waals surface area contributed by atoms with Gasteiger partial charge in [-0.15, -0.1) is 11.6 Å². The van der Waals surface area contributed by atoms with Crippen molar-refractivity contribution >= 4 is 28.8 Å². The molecule has 0 aliphatic heterocycles. The minimum atomic E-state index is 0.513. The number of benzene rings is 1. The van der Waals surface area contributed by atoms with Gasteiger partial charge in [0.2, 0.25) is 0 Å². The molecule has 1 aromatic carbocycles. The number of aromatic nitrogens is 3. The van der Waals surface area contributed by atoms with Gasteiger partial charge in [-0.3, -0.25) is 0 Å². The molecule has 2 aromatic heterocycles. The molecule has 3 rings (SSSR count). The lowest BCUT2D eigenvalue weighted by Gasteiger charge is -2.13. The molecule has 3 aromatic rings. The molecule has 0 bridgehead atoms. The van der Waals surface area contributed by atoms with Gasteiger partial charge in [0.1, 0.15) is 5.15 Å². The second-order valence-corrected chi connectivity index (χ2v) is 7.33. The van der Waals surface area contributed by atoms with Crippen LogP contribution in [0.4, 0.5) is 0 Å². The number of hydrogen-bond donors (Lipinski definition) is 0. The lowest BCUT2D eigenvalue weighted by atomic mass is 9.93. The average Bonchev–Trinajstić information content (AvgIpc) is 2.89. The molecule has 0 atom stereocenters. The zero-order valence-corrected chi connectivity index (χ0v) is 16.9. The van der Waals surface area contributed by atoms with Gasteiger partial charge in [0.25, 0.3) is 0 Å². The first kappa shape index (κ1) is 18.2. The second-order valence-electron chi connectivity index (χ2n) is 6.59. The summed E-state index contributed by atoms with van der Waals surface area (Å²) in [5.74, 6) is 0.513. The number of halogens is 2. The molecule has 5 heteroatoms. The van der Waals surface area contributed by atoms with Gasteiger partial charge < -0.3 is 0 Å². The van der Waals surface area contributed by atoms with Crippen LogP contribution < -0.4 is 0 Å². The molecule has 3 nitrogen and oxygen atoms in total. The molecule has 2 heterocycles. The van der Waals surface area contributed by atoms with Crippen molar-refractivity contribution in [1.82, 2.24) is 14.6 Å². The van der Waals surface area contributed by atoms with E-state index in [4.69, 9.17) is 33.3 Å².